The minimum Gasteiger partial charge on any atom is -0.456 e. The molecule has 18 heteroatoms. The molecule has 0 saturated carbocycles. The average molecular weight is 1170 g/mol. The Morgan fingerprint density at radius 1 is 0.271 bits per heavy atom. The van der Waals surface area contributed by atoms with Crippen LogP contribution in [0.15, 0.2) is 58.7 Å². The van der Waals surface area contributed by atoms with Gasteiger partial charge in [-0.1, -0.05) is 0 Å². The lowest BCUT2D eigenvalue weighted by molar-refractivity contribution is 0.00478. The molecule has 0 spiro atoms. The molecule has 3 aromatic rings. The highest BCUT2D eigenvalue weighted by Gasteiger charge is 2.54. The maximum absolute atomic E-state index is 14.9. The SMILES string of the molecule is CC(C)(C)OC(=O)c1c2c(c([C](c3c4c(c(C(=O)OC(C)(C)C)c5c3SC(C)(C)S5)SC(C)(C)S4)c3c4c(c(C(=O)OC(C)(C)C)c5c3SC(C)(C)S5)SC(C)(C)S4)c3c1SC(C)(C)S3)SC(C)(C)S2. The van der Waals surface area contributed by atoms with E-state index < -0.39 is 16.8 Å². The number of hydrogen-bond acceptors (Lipinski definition) is 18. The predicted molar refractivity (Wildman–Crippen MR) is 310 cm³/mol. The molecule has 0 N–H and O–H groups in total. The van der Waals surface area contributed by atoms with Gasteiger partial charge in [0.15, 0.2) is 0 Å². The van der Waals surface area contributed by atoms with Crippen LogP contribution in [0.4, 0.5) is 0 Å². The molecule has 3 aromatic carbocycles. The Hall–Kier alpha value is 0.270. The Labute approximate surface area is 467 Å². The molecule has 6 heterocycles. The molecule has 70 heavy (non-hydrogen) atoms. The summed E-state index contributed by atoms with van der Waals surface area (Å²) in [6.07, 6.45) is 0. The van der Waals surface area contributed by atoms with Gasteiger partial charge in [0.05, 0.1) is 47.1 Å². The van der Waals surface area contributed by atoms with Crippen LogP contribution in [0.1, 0.15) is 193 Å². The lowest BCUT2D eigenvalue weighted by Gasteiger charge is -2.32. The van der Waals surface area contributed by atoms with Crippen molar-refractivity contribution in [3.63, 3.8) is 0 Å². The fraction of sp³-hybridized carbons (Fsp3) is 0.577. The van der Waals surface area contributed by atoms with Crippen LogP contribution in [-0.4, -0.2) is 59.2 Å². The fourth-order valence-corrected chi connectivity index (χ4v) is 26.5. The lowest BCUT2D eigenvalue weighted by atomic mass is 9.83. The van der Waals surface area contributed by atoms with Crippen LogP contribution in [0.25, 0.3) is 0 Å². The normalized spacial score (nSPS) is 21.5. The summed E-state index contributed by atoms with van der Waals surface area (Å²) < 4.78 is 17.1. The number of hydrogen-bond donors (Lipinski definition) is 0. The molecule has 0 unspecified atom stereocenters. The Bertz CT molecular complexity index is 2400. The maximum Gasteiger partial charge on any atom is 0.341 e. The van der Waals surface area contributed by atoms with Gasteiger partial charge in [0, 0.05) is 58.7 Å². The molecule has 0 aliphatic carbocycles. The van der Waals surface area contributed by atoms with Crippen LogP contribution in [0.2, 0.25) is 0 Å². The van der Waals surface area contributed by atoms with Crippen molar-refractivity contribution in [2.45, 2.75) is 245 Å². The summed E-state index contributed by atoms with van der Waals surface area (Å²) in [5, 5.41) is 0. The first-order valence-electron chi connectivity index (χ1n) is 23.2. The van der Waals surface area contributed by atoms with Gasteiger partial charge in [-0.05, 0) is 162 Å². The zero-order chi connectivity index (χ0) is 51.8. The highest BCUT2D eigenvalue weighted by molar-refractivity contribution is 8.23. The van der Waals surface area contributed by atoms with Gasteiger partial charge in [0.1, 0.15) is 16.8 Å². The Kier molecular flexibility index (Phi) is 13.9. The first-order chi connectivity index (χ1) is 31.7. The minimum atomic E-state index is -0.703. The van der Waals surface area contributed by atoms with E-state index in [-0.39, 0.29) is 42.4 Å². The van der Waals surface area contributed by atoms with Gasteiger partial charge in [-0.25, -0.2) is 14.4 Å². The third-order valence-electron chi connectivity index (χ3n) is 10.7. The van der Waals surface area contributed by atoms with Crippen LogP contribution in [0, 0.1) is 5.92 Å². The van der Waals surface area contributed by atoms with Crippen molar-refractivity contribution in [3.8, 4) is 0 Å². The van der Waals surface area contributed by atoms with Crippen LogP contribution < -0.4 is 0 Å². The van der Waals surface area contributed by atoms with Crippen molar-refractivity contribution in [2.24, 2.45) is 0 Å². The zero-order valence-electron chi connectivity index (χ0n) is 43.8. The van der Waals surface area contributed by atoms with Crippen LogP contribution >= 0.6 is 141 Å². The van der Waals surface area contributed by atoms with Crippen molar-refractivity contribution >= 4 is 159 Å². The maximum atomic E-state index is 14.9. The summed E-state index contributed by atoms with van der Waals surface area (Å²) in [5.41, 5.74) is 3.18. The molecule has 0 atom stereocenters. The number of carbonyl (C=O) groups is 3. The van der Waals surface area contributed by atoms with E-state index in [1.807, 2.05) is 133 Å². The van der Waals surface area contributed by atoms with Crippen molar-refractivity contribution in [2.75, 3.05) is 0 Å². The number of fused-ring (bicyclic) bond motifs is 6. The van der Waals surface area contributed by atoms with Gasteiger partial charge in [0.25, 0.3) is 0 Å². The Morgan fingerprint density at radius 2 is 0.400 bits per heavy atom. The Morgan fingerprint density at radius 3 is 0.529 bits per heavy atom. The standard InChI is InChI=1S/C52H63O6S12/c1-44(2,3)56-41(53)26-35-29(59-47(10,11)65-35)23(30-36(26)66-48(12,13)60-30)22(24-31-37(67-49(14,15)61-31)27(42(54)57-45(4,5)6)38-32(24)62-50(16,17)68-38)25-33-39(69-51(18,19)63-33)28(43(55)58-46(7,8)9)40-34(25)64-52(20,21)70-40/h1-21H3. The first kappa shape index (κ1) is 55.0. The average Bonchev–Trinajstić information content (AvgIpc) is 3.93. The van der Waals surface area contributed by atoms with Crippen molar-refractivity contribution in [1.29, 1.82) is 0 Å². The number of thioether (sulfide) groups is 12. The third kappa shape index (κ3) is 10.5. The van der Waals surface area contributed by atoms with Crippen LogP contribution in [-0.2, 0) is 14.2 Å². The molecule has 6 aliphatic heterocycles. The smallest absolute Gasteiger partial charge is 0.341 e. The minimum absolute atomic E-state index is 0.304. The molecule has 0 bridgehead atoms. The number of benzene rings is 3. The fourth-order valence-electron chi connectivity index (χ4n) is 8.82. The summed E-state index contributed by atoms with van der Waals surface area (Å²) >= 11 is 21.5. The van der Waals surface area contributed by atoms with E-state index in [2.05, 4.69) is 83.1 Å². The second kappa shape index (κ2) is 17.6. The molecular formula is C52H63O6S12. The van der Waals surface area contributed by atoms with Crippen LogP contribution in [0.3, 0.4) is 0 Å². The monoisotopic (exact) mass is 1170 g/mol. The summed E-state index contributed by atoms with van der Waals surface area (Å²) in [5.74, 6) is 0.184. The molecule has 1 radical (unpaired) electrons. The third-order valence-corrected chi connectivity index (χ3v) is 27.7. The lowest BCUT2D eigenvalue weighted by Crippen LogP contribution is -2.26. The van der Waals surface area contributed by atoms with Gasteiger partial charge < -0.3 is 14.2 Å². The molecule has 6 aliphatic rings. The number of rotatable bonds is 6. The highest BCUT2D eigenvalue weighted by atomic mass is 32.2. The quantitative estimate of drug-likeness (QED) is 0.133. The topological polar surface area (TPSA) is 78.9 Å². The van der Waals surface area contributed by atoms with Gasteiger partial charge in [-0.3, -0.25) is 0 Å². The molecule has 6 nitrogen and oxygen atoms in total. The summed E-state index contributed by atoms with van der Waals surface area (Å²) in [7, 11) is 0. The first-order valence-corrected chi connectivity index (χ1v) is 33.0. The zero-order valence-corrected chi connectivity index (χ0v) is 53.6. The molecule has 0 fully saturated rings. The predicted octanol–water partition coefficient (Wildman–Crippen LogP) is 19.2. The van der Waals surface area contributed by atoms with E-state index in [1.54, 1.807) is 70.6 Å². The van der Waals surface area contributed by atoms with E-state index >= 15 is 0 Å². The number of carbonyl (C=O) groups excluding carboxylic acids is 3. The van der Waals surface area contributed by atoms with E-state index in [1.165, 1.54) is 0 Å². The summed E-state index contributed by atoms with van der Waals surface area (Å²) in [6.45, 7) is 44.5. The van der Waals surface area contributed by atoms with Crippen molar-refractivity contribution in [1.82, 2.24) is 0 Å². The Balaban J connectivity index is 1.51. The summed E-state index contributed by atoms with van der Waals surface area (Å²) in [6, 6.07) is 0. The van der Waals surface area contributed by atoms with Gasteiger partial charge in [0.2, 0.25) is 0 Å². The molecule has 0 aromatic heterocycles. The van der Waals surface area contributed by atoms with Gasteiger partial charge >= 0.3 is 17.9 Å². The molecular weight excluding hydrogens is 1110 g/mol. The van der Waals surface area contributed by atoms with E-state index in [0.717, 1.165) is 81.4 Å². The number of ether oxygens (including phenoxy) is 3. The second-order valence-corrected chi connectivity index (χ2v) is 44.9. The molecule has 0 amide bonds. The highest BCUT2D eigenvalue weighted by Crippen LogP contribution is 2.75. The van der Waals surface area contributed by atoms with Crippen molar-refractivity contribution in [3.05, 3.63) is 39.3 Å². The van der Waals surface area contributed by atoms with Crippen molar-refractivity contribution < 1.29 is 28.6 Å². The van der Waals surface area contributed by atoms with E-state index in [0.29, 0.717) is 16.7 Å². The van der Waals surface area contributed by atoms with Crippen LogP contribution in [0.5, 0.6) is 0 Å². The number of esters is 3. The van der Waals surface area contributed by atoms with E-state index in [4.69, 9.17) is 14.2 Å². The molecule has 379 valence electrons. The van der Waals surface area contributed by atoms with Gasteiger partial charge in [-0.15, -0.1) is 141 Å². The molecule has 0 saturated heterocycles. The second-order valence-electron chi connectivity index (χ2n) is 23.7. The molecule has 9 rings (SSSR count). The van der Waals surface area contributed by atoms with Gasteiger partial charge in [-0.2, -0.15) is 0 Å². The largest absolute Gasteiger partial charge is 0.456 e. The van der Waals surface area contributed by atoms with E-state index in [9.17, 15) is 14.4 Å². The summed E-state index contributed by atoms with van der Waals surface area (Å²) in [4.78, 5) is 57.0.